The van der Waals surface area contributed by atoms with Crippen LogP contribution in [0, 0.1) is 11.3 Å². The van der Waals surface area contributed by atoms with Gasteiger partial charge in [-0.15, -0.1) is 0 Å². The maximum Gasteiger partial charge on any atom is 0.408 e. The fourth-order valence-electron chi connectivity index (χ4n) is 3.00. The molecular weight excluding hydrogens is 360 g/mol. The predicted molar refractivity (Wildman–Crippen MR) is 95.0 cm³/mol. The number of hydrogen-bond acceptors (Lipinski definition) is 5. The second-order valence-corrected chi connectivity index (χ2v) is 8.53. The Morgan fingerprint density at radius 3 is 2.50 bits per heavy atom. The first-order chi connectivity index (χ1) is 11.9. The SMILES string of the molecule is CC(C)(C)N(C(=O)O)C1(COc2cccc(NS(N)(=O)=O)c2C#N)CC1. The molecular formula is C16H22N4O5S. The Kier molecular flexibility index (Phi) is 5.07. The molecule has 1 fully saturated rings. The number of nitrogens with one attached hydrogen (secondary N) is 1. The third kappa shape index (κ3) is 4.36. The lowest BCUT2D eigenvalue weighted by Crippen LogP contribution is -2.55. The number of nitrogens with two attached hydrogens (primary N) is 1. The third-order valence-corrected chi connectivity index (χ3v) is 4.55. The van der Waals surface area contributed by atoms with Crippen molar-refractivity contribution >= 4 is 22.0 Å². The number of nitriles is 1. The van der Waals surface area contributed by atoms with E-state index in [0.717, 1.165) is 0 Å². The van der Waals surface area contributed by atoms with Gasteiger partial charge in [-0.05, 0) is 45.7 Å². The van der Waals surface area contributed by atoms with Crippen molar-refractivity contribution in [3.05, 3.63) is 23.8 Å². The number of ether oxygens (including phenoxy) is 1. The zero-order valence-corrected chi connectivity index (χ0v) is 15.6. The summed E-state index contributed by atoms with van der Waals surface area (Å²) in [6.07, 6.45) is 0.255. The minimum Gasteiger partial charge on any atom is -0.490 e. The molecule has 0 spiro atoms. The maximum atomic E-state index is 11.7. The van der Waals surface area contributed by atoms with Gasteiger partial charge in [0.2, 0.25) is 0 Å². The van der Waals surface area contributed by atoms with E-state index in [1.807, 2.05) is 6.07 Å². The summed E-state index contributed by atoms with van der Waals surface area (Å²) in [6, 6.07) is 6.31. The Labute approximate surface area is 152 Å². The van der Waals surface area contributed by atoms with Crippen LogP contribution in [0.3, 0.4) is 0 Å². The molecule has 1 saturated carbocycles. The van der Waals surface area contributed by atoms with E-state index in [0.29, 0.717) is 12.8 Å². The van der Waals surface area contributed by atoms with Crippen LogP contribution in [0.25, 0.3) is 0 Å². The Morgan fingerprint density at radius 2 is 2.08 bits per heavy atom. The fourth-order valence-corrected chi connectivity index (χ4v) is 3.47. The van der Waals surface area contributed by atoms with Crippen LogP contribution in [0.1, 0.15) is 39.2 Å². The van der Waals surface area contributed by atoms with Gasteiger partial charge in [-0.1, -0.05) is 6.07 Å². The largest absolute Gasteiger partial charge is 0.490 e. The average molecular weight is 382 g/mol. The summed E-state index contributed by atoms with van der Waals surface area (Å²) in [7, 11) is -4.04. The molecule has 0 radical (unpaired) electrons. The van der Waals surface area contributed by atoms with E-state index >= 15 is 0 Å². The molecule has 0 aromatic heterocycles. The van der Waals surface area contributed by atoms with E-state index < -0.39 is 27.4 Å². The molecule has 0 unspecified atom stereocenters. The van der Waals surface area contributed by atoms with E-state index in [1.54, 1.807) is 20.8 Å². The maximum absolute atomic E-state index is 11.7. The number of carbonyl (C=O) groups is 1. The van der Waals surface area contributed by atoms with Crippen LogP contribution in [-0.2, 0) is 10.2 Å². The molecule has 10 heteroatoms. The van der Waals surface area contributed by atoms with Crippen LogP contribution >= 0.6 is 0 Å². The van der Waals surface area contributed by atoms with Crippen molar-refractivity contribution in [2.24, 2.45) is 5.14 Å². The normalized spacial score (nSPS) is 15.7. The highest BCUT2D eigenvalue weighted by atomic mass is 32.2. The zero-order chi connectivity index (χ0) is 19.8. The average Bonchev–Trinajstić information content (AvgIpc) is 3.22. The van der Waals surface area contributed by atoms with E-state index in [-0.39, 0.29) is 23.6 Å². The Hall–Kier alpha value is -2.51. The summed E-state index contributed by atoms with van der Waals surface area (Å²) in [4.78, 5) is 13.1. The van der Waals surface area contributed by atoms with E-state index in [9.17, 15) is 23.6 Å². The summed E-state index contributed by atoms with van der Waals surface area (Å²) < 4.78 is 30.2. The monoisotopic (exact) mass is 382 g/mol. The van der Waals surface area contributed by atoms with Crippen molar-refractivity contribution in [2.45, 2.75) is 44.7 Å². The van der Waals surface area contributed by atoms with Crippen molar-refractivity contribution in [1.82, 2.24) is 4.90 Å². The van der Waals surface area contributed by atoms with Crippen LogP contribution < -0.4 is 14.6 Å². The Balaban J connectivity index is 2.26. The number of benzene rings is 1. The molecule has 1 aliphatic carbocycles. The van der Waals surface area contributed by atoms with Crippen molar-refractivity contribution in [3.8, 4) is 11.8 Å². The van der Waals surface area contributed by atoms with Crippen LogP contribution in [0.4, 0.5) is 10.5 Å². The van der Waals surface area contributed by atoms with Crippen molar-refractivity contribution in [3.63, 3.8) is 0 Å². The van der Waals surface area contributed by atoms with Gasteiger partial charge in [0.1, 0.15) is 24.0 Å². The Bertz CT molecular complexity index is 850. The number of anilines is 1. The molecule has 0 bridgehead atoms. The molecule has 1 aliphatic rings. The highest BCUT2D eigenvalue weighted by molar-refractivity contribution is 7.90. The molecule has 4 N–H and O–H groups in total. The molecule has 1 amide bonds. The number of hydrogen-bond donors (Lipinski definition) is 3. The van der Waals surface area contributed by atoms with E-state index in [1.165, 1.54) is 23.1 Å². The van der Waals surface area contributed by atoms with Gasteiger partial charge in [0.25, 0.3) is 10.2 Å². The lowest BCUT2D eigenvalue weighted by molar-refractivity contribution is 0.0399. The molecule has 0 heterocycles. The first kappa shape index (κ1) is 19.8. The first-order valence-electron chi connectivity index (χ1n) is 7.89. The van der Waals surface area contributed by atoms with Crippen LogP contribution in [-0.4, -0.2) is 42.2 Å². The summed E-state index contributed by atoms with van der Waals surface area (Å²) >= 11 is 0. The van der Waals surface area contributed by atoms with E-state index in [4.69, 9.17) is 9.88 Å². The fraction of sp³-hybridized carbons (Fsp3) is 0.500. The van der Waals surface area contributed by atoms with Gasteiger partial charge in [-0.25, -0.2) is 9.93 Å². The quantitative estimate of drug-likeness (QED) is 0.684. The highest BCUT2D eigenvalue weighted by Crippen LogP contribution is 2.46. The van der Waals surface area contributed by atoms with Crippen molar-refractivity contribution in [2.75, 3.05) is 11.3 Å². The smallest absolute Gasteiger partial charge is 0.408 e. The standard InChI is InChI=1S/C16H22N4O5S/c1-15(2,3)20(14(21)22)16(7-8-16)10-25-13-6-4-5-12(11(13)9-17)19-26(18,23)24/h4-6,19H,7-8,10H2,1-3H3,(H,21,22)(H2,18,23,24). The molecule has 1 aromatic rings. The Morgan fingerprint density at radius 1 is 1.46 bits per heavy atom. The van der Waals surface area contributed by atoms with Crippen LogP contribution in [0.5, 0.6) is 5.75 Å². The van der Waals surface area contributed by atoms with Crippen molar-refractivity contribution in [1.29, 1.82) is 5.26 Å². The van der Waals surface area contributed by atoms with Gasteiger partial charge >= 0.3 is 6.09 Å². The van der Waals surface area contributed by atoms with Gasteiger partial charge in [0, 0.05) is 5.54 Å². The van der Waals surface area contributed by atoms with Crippen LogP contribution in [0.2, 0.25) is 0 Å². The van der Waals surface area contributed by atoms with Gasteiger partial charge in [-0.3, -0.25) is 9.62 Å². The van der Waals surface area contributed by atoms with Crippen LogP contribution in [0.15, 0.2) is 18.2 Å². The third-order valence-electron chi connectivity index (χ3n) is 4.05. The minimum atomic E-state index is -4.04. The number of rotatable bonds is 6. The summed E-state index contributed by atoms with van der Waals surface area (Å²) in [5.74, 6) is 0.159. The van der Waals surface area contributed by atoms with Gasteiger partial charge in [-0.2, -0.15) is 13.7 Å². The topological polar surface area (TPSA) is 146 Å². The van der Waals surface area contributed by atoms with E-state index in [2.05, 4.69) is 4.72 Å². The zero-order valence-electron chi connectivity index (χ0n) is 14.8. The first-order valence-corrected chi connectivity index (χ1v) is 9.44. The highest BCUT2D eigenvalue weighted by Gasteiger charge is 2.55. The predicted octanol–water partition coefficient (Wildman–Crippen LogP) is 1.86. The number of nitrogens with zero attached hydrogens (tertiary/aromatic N) is 2. The summed E-state index contributed by atoms with van der Waals surface area (Å²) in [5.41, 5.74) is -1.29. The molecule has 1 aromatic carbocycles. The minimum absolute atomic E-state index is 0.00302. The molecule has 142 valence electrons. The summed E-state index contributed by atoms with van der Waals surface area (Å²) in [6.45, 7) is 5.47. The number of carboxylic acid groups (broad SMARTS) is 1. The molecule has 0 aliphatic heterocycles. The molecule has 26 heavy (non-hydrogen) atoms. The second kappa shape index (κ2) is 6.66. The van der Waals surface area contributed by atoms with Gasteiger partial charge < -0.3 is 9.84 Å². The molecule has 9 nitrogen and oxygen atoms in total. The second-order valence-electron chi connectivity index (χ2n) is 7.24. The molecule has 2 rings (SSSR count). The summed E-state index contributed by atoms with van der Waals surface area (Å²) in [5, 5.41) is 23.9. The van der Waals surface area contributed by atoms with Gasteiger partial charge in [0.15, 0.2) is 0 Å². The lowest BCUT2D eigenvalue weighted by atomic mass is 10.0. The van der Waals surface area contributed by atoms with Gasteiger partial charge in [0.05, 0.1) is 11.2 Å². The molecule has 0 saturated heterocycles. The molecule has 0 atom stereocenters. The lowest BCUT2D eigenvalue weighted by Gasteiger charge is -2.40. The number of amides is 1. The van der Waals surface area contributed by atoms with Crippen molar-refractivity contribution < 1.29 is 23.1 Å².